The van der Waals surface area contributed by atoms with Crippen LogP contribution in [0.2, 0.25) is 0 Å². The summed E-state index contributed by atoms with van der Waals surface area (Å²) in [4.78, 5) is 11.4. The summed E-state index contributed by atoms with van der Waals surface area (Å²) >= 11 is 0. The molecule has 0 bridgehead atoms. The van der Waals surface area contributed by atoms with Gasteiger partial charge in [0.25, 0.3) is 0 Å². The van der Waals surface area contributed by atoms with E-state index in [1.807, 2.05) is 20.8 Å². The number of aliphatic carboxylic acids is 1. The van der Waals surface area contributed by atoms with Crippen LogP contribution in [0, 0.1) is 5.82 Å². The predicted molar refractivity (Wildman–Crippen MR) is 120 cm³/mol. The third-order valence-corrected chi connectivity index (χ3v) is 7.70. The number of fused-ring (bicyclic) bond motifs is 1. The number of carbonyl (C=O) groups is 1. The first-order valence-electron chi connectivity index (χ1n) is 10.7. The number of carboxylic acids is 1. The highest BCUT2D eigenvalue weighted by molar-refractivity contribution is 7.89. The molecule has 2 aromatic carbocycles. The van der Waals surface area contributed by atoms with Gasteiger partial charge in [-0.15, -0.1) is 0 Å². The van der Waals surface area contributed by atoms with E-state index in [9.17, 15) is 22.7 Å². The highest BCUT2D eigenvalue weighted by Crippen LogP contribution is 2.35. The van der Waals surface area contributed by atoms with Gasteiger partial charge in [0.05, 0.1) is 34.7 Å². The molecule has 10 heteroatoms. The van der Waals surface area contributed by atoms with Gasteiger partial charge in [-0.2, -0.15) is 9.40 Å². The average molecular weight is 476 g/mol. The summed E-state index contributed by atoms with van der Waals surface area (Å²) in [7, 11) is -3.78. The quantitative estimate of drug-likeness (QED) is 0.560. The molecule has 33 heavy (non-hydrogen) atoms. The second-order valence-corrected chi connectivity index (χ2v) is 10.5. The van der Waals surface area contributed by atoms with Crippen LogP contribution in [0.15, 0.2) is 47.4 Å². The number of hydrogen-bond acceptors (Lipinski definition) is 5. The molecular weight excluding hydrogens is 449 g/mol. The Kier molecular flexibility index (Phi) is 6.15. The maximum absolute atomic E-state index is 14.0. The number of hydrogen-bond donors (Lipinski definition) is 1. The van der Waals surface area contributed by atoms with Crippen LogP contribution >= 0.6 is 0 Å². The van der Waals surface area contributed by atoms with Crippen molar-refractivity contribution in [3.05, 3.63) is 54.0 Å². The van der Waals surface area contributed by atoms with Gasteiger partial charge in [0.15, 0.2) is 0 Å². The summed E-state index contributed by atoms with van der Waals surface area (Å²) in [5, 5.41) is 14.2. The van der Waals surface area contributed by atoms with Crippen molar-refractivity contribution in [2.45, 2.75) is 56.7 Å². The van der Waals surface area contributed by atoms with E-state index in [1.165, 1.54) is 34.6 Å². The molecule has 1 aliphatic heterocycles. The number of carboxylic acid groups (broad SMARTS) is 1. The van der Waals surface area contributed by atoms with Crippen LogP contribution < -0.4 is 4.74 Å². The molecule has 0 unspecified atom stereocenters. The van der Waals surface area contributed by atoms with Crippen LogP contribution in [-0.4, -0.2) is 52.3 Å². The number of sulfonamides is 1. The molecule has 1 N–H and O–H groups in total. The Bertz CT molecular complexity index is 1290. The van der Waals surface area contributed by atoms with Gasteiger partial charge in [-0.05, 0) is 69.7 Å². The van der Waals surface area contributed by atoms with Crippen molar-refractivity contribution in [2.24, 2.45) is 0 Å². The zero-order chi connectivity index (χ0) is 23.9. The second kappa shape index (κ2) is 8.75. The summed E-state index contributed by atoms with van der Waals surface area (Å²) in [5.74, 6) is -0.920. The van der Waals surface area contributed by atoms with Crippen LogP contribution in [0.4, 0.5) is 4.39 Å². The molecule has 2 atom stereocenters. The van der Waals surface area contributed by atoms with Gasteiger partial charge >= 0.3 is 5.97 Å². The van der Waals surface area contributed by atoms with Crippen molar-refractivity contribution < 1.29 is 27.4 Å². The number of rotatable bonds is 7. The normalized spacial score (nSPS) is 19.4. The first-order chi connectivity index (χ1) is 15.6. The highest BCUT2D eigenvalue weighted by atomic mass is 32.2. The highest BCUT2D eigenvalue weighted by Gasteiger charge is 2.39. The lowest BCUT2D eigenvalue weighted by Crippen LogP contribution is -2.34. The second-order valence-electron chi connectivity index (χ2n) is 8.57. The van der Waals surface area contributed by atoms with Crippen molar-refractivity contribution in [2.75, 3.05) is 6.54 Å². The molecule has 1 aliphatic rings. The Morgan fingerprint density at radius 3 is 2.58 bits per heavy atom. The molecule has 0 radical (unpaired) electrons. The van der Waals surface area contributed by atoms with Crippen LogP contribution in [0.1, 0.15) is 38.9 Å². The fourth-order valence-electron chi connectivity index (χ4n) is 4.31. The Hall–Kier alpha value is -2.98. The van der Waals surface area contributed by atoms with E-state index in [-0.39, 0.29) is 36.0 Å². The molecule has 1 saturated heterocycles. The largest absolute Gasteiger partial charge is 0.491 e. The zero-order valence-electron chi connectivity index (χ0n) is 18.6. The third-order valence-electron chi connectivity index (χ3n) is 5.71. The van der Waals surface area contributed by atoms with Crippen molar-refractivity contribution in [3.8, 4) is 5.75 Å². The lowest BCUT2D eigenvalue weighted by molar-refractivity contribution is -0.136. The van der Waals surface area contributed by atoms with Gasteiger partial charge < -0.3 is 9.84 Å². The van der Waals surface area contributed by atoms with Crippen LogP contribution in [0.5, 0.6) is 5.75 Å². The van der Waals surface area contributed by atoms with Gasteiger partial charge in [-0.25, -0.2) is 12.8 Å². The summed E-state index contributed by atoms with van der Waals surface area (Å²) in [5.41, 5.74) is 0.782. The molecule has 1 fully saturated rings. The molecule has 4 rings (SSSR count). The molecule has 0 saturated carbocycles. The summed E-state index contributed by atoms with van der Waals surface area (Å²) in [6.07, 6.45) is 0.143. The molecule has 0 amide bonds. The lowest BCUT2D eigenvalue weighted by Gasteiger charge is -2.21. The van der Waals surface area contributed by atoms with Gasteiger partial charge in [-0.3, -0.25) is 9.48 Å². The number of halogens is 1. The Morgan fingerprint density at radius 1 is 1.24 bits per heavy atom. The molecule has 8 nitrogen and oxygen atoms in total. The predicted octanol–water partition coefficient (Wildman–Crippen LogP) is 3.61. The Balaban J connectivity index is 1.64. The summed E-state index contributed by atoms with van der Waals surface area (Å²) in [6.45, 7) is 5.75. The van der Waals surface area contributed by atoms with E-state index in [0.717, 1.165) is 0 Å². The van der Waals surface area contributed by atoms with Crippen LogP contribution in [0.3, 0.4) is 0 Å². The smallest absolute Gasteiger partial charge is 0.309 e. The fourth-order valence-corrected chi connectivity index (χ4v) is 5.99. The molecule has 1 aromatic heterocycles. The number of benzene rings is 2. The first-order valence-corrected chi connectivity index (χ1v) is 12.2. The van der Waals surface area contributed by atoms with Crippen molar-refractivity contribution in [1.29, 1.82) is 0 Å². The van der Waals surface area contributed by atoms with E-state index < -0.39 is 21.8 Å². The maximum Gasteiger partial charge on any atom is 0.309 e. The third kappa shape index (κ3) is 4.58. The Morgan fingerprint density at radius 2 is 1.94 bits per heavy atom. The summed E-state index contributed by atoms with van der Waals surface area (Å²) in [6, 6.07) is 9.73. The SMILES string of the molecule is CC(C)Oc1ccc(S(=O)(=O)N2C[C@H](n3nc(CC(=O)O)c4ccc(F)cc43)C[C@H]2C)cc1. The standard InChI is InChI=1S/C23H26FN3O5S/c1-14(2)32-18-5-7-19(8-6-18)33(30,31)26-13-17(10-15(26)3)27-22-11-16(24)4-9-20(22)21(25-27)12-23(28)29/h4-9,11,14-15,17H,10,12-13H2,1-3H3,(H,28,29)/t15-,17-/m1/s1. The molecule has 176 valence electrons. The molecular formula is C23H26FN3O5S. The van der Waals surface area contributed by atoms with Crippen molar-refractivity contribution >= 4 is 26.9 Å². The van der Waals surface area contributed by atoms with Crippen molar-refractivity contribution in [3.63, 3.8) is 0 Å². The summed E-state index contributed by atoms with van der Waals surface area (Å²) < 4.78 is 49.2. The number of aromatic nitrogens is 2. The Labute approximate surface area is 191 Å². The molecule has 3 aromatic rings. The minimum atomic E-state index is -3.78. The van der Waals surface area contributed by atoms with Crippen molar-refractivity contribution in [1.82, 2.24) is 14.1 Å². The van der Waals surface area contributed by atoms with Gasteiger partial charge in [0.2, 0.25) is 10.0 Å². The molecule has 0 spiro atoms. The van der Waals surface area contributed by atoms with Gasteiger partial charge in [0, 0.05) is 18.0 Å². The minimum Gasteiger partial charge on any atom is -0.491 e. The first kappa shape index (κ1) is 23.2. The van der Waals surface area contributed by atoms with Crippen LogP contribution in [-0.2, 0) is 21.2 Å². The molecule has 2 heterocycles. The van der Waals surface area contributed by atoms with E-state index >= 15 is 0 Å². The lowest BCUT2D eigenvalue weighted by atomic mass is 10.1. The minimum absolute atomic E-state index is 0.0217. The number of nitrogens with zero attached hydrogens (tertiary/aromatic N) is 3. The van der Waals surface area contributed by atoms with E-state index in [0.29, 0.717) is 28.8 Å². The fraction of sp³-hybridized carbons (Fsp3) is 0.391. The van der Waals surface area contributed by atoms with Gasteiger partial charge in [0.1, 0.15) is 11.6 Å². The van der Waals surface area contributed by atoms with Crippen LogP contribution in [0.25, 0.3) is 10.9 Å². The van der Waals surface area contributed by atoms with E-state index in [4.69, 9.17) is 4.74 Å². The maximum atomic E-state index is 14.0. The topological polar surface area (TPSA) is 102 Å². The monoisotopic (exact) mass is 475 g/mol. The average Bonchev–Trinajstić information content (AvgIpc) is 3.28. The molecule has 0 aliphatic carbocycles. The number of ether oxygens (including phenoxy) is 1. The van der Waals surface area contributed by atoms with E-state index in [2.05, 4.69) is 5.10 Å². The van der Waals surface area contributed by atoms with E-state index in [1.54, 1.807) is 16.8 Å². The zero-order valence-corrected chi connectivity index (χ0v) is 19.4. The van der Waals surface area contributed by atoms with Gasteiger partial charge in [-0.1, -0.05) is 0 Å².